The van der Waals surface area contributed by atoms with Crippen LogP contribution in [0, 0.1) is 0 Å². The lowest BCUT2D eigenvalue weighted by Gasteiger charge is -2.34. The van der Waals surface area contributed by atoms with E-state index >= 15 is 0 Å². The Kier molecular flexibility index (Phi) is 8.93. The molecule has 0 amide bonds. The highest BCUT2D eigenvalue weighted by atomic mass is 16.5. The van der Waals surface area contributed by atoms with Crippen LogP contribution in [-0.2, 0) is 0 Å². The second-order valence-electron chi connectivity index (χ2n) is 8.23. The van der Waals surface area contributed by atoms with Gasteiger partial charge in [0, 0.05) is 56.6 Å². The predicted octanol–water partition coefficient (Wildman–Crippen LogP) is 2.71. The SMILES string of the molecule is CN=C(NCCCCN1CCCC1)NC1CCN(c2cc(OC)cc(OC)c2)CC1. The second-order valence-corrected chi connectivity index (χ2v) is 8.23. The van der Waals surface area contributed by atoms with Crippen LogP contribution in [0.1, 0.15) is 38.5 Å². The summed E-state index contributed by atoms with van der Waals surface area (Å²) in [5.41, 5.74) is 1.16. The average Bonchev–Trinajstić information content (AvgIpc) is 3.31. The molecule has 0 aromatic heterocycles. The van der Waals surface area contributed by atoms with E-state index in [0.717, 1.165) is 55.6 Å². The fraction of sp³-hybridized carbons (Fsp3) is 0.696. The monoisotopic (exact) mass is 417 g/mol. The topological polar surface area (TPSA) is 61.4 Å². The summed E-state index contributed by atoms with van der Waals surface area (Å²) in [5.74, 6) is 2.59. The number of rotatable bonds is 9. The van der Waals surface area contributed by atoms with E-state index in [1.807, 2.05) is 13.1 Å². The third-order valence-electron chi connectivity index (χ3n) is 6.15. The molecule has 1 aromatic rings. The fourth-order valence-electron chi connectivity index (χ4n) is 4.32. The highest BCUT2D eigenvalue weighted by molar-refractivity contribution is 5.80. The summed E-state index contributed by atoms with van der Waals surface area (Å²) >= 11 is 0. The molecule has 0 spiro atoms. The molecule has 2 N–H and O–H groups in total. The first-order valence-corrected chi connectivity index (χ1v) is 11.4. The molecule has 2 aliphatic heterocycles. The van der Waals surface area contributed by atoms with Crippen molar-refractivity contribution in [2.45, 2.75) is 44.6 Å². The molecule has 0 atom stereocenters. The van der Waals surface area contributed by atoms with E-state index in [1.54, 1.807) is 14.2 Å². The highest BCUT2D eigenvalue weighted by Crippen LogP contribution is 2.30. The van der Waals surface area contributed by atoms with Gasteiger partial charge in [0.1, 0.15) is 11.5 Å². The first-order valence-electron chi connectivity index (χ1n) is 11.4. The van der Waals surface area contributed by atoms with E-state index in [2.05, 4.69) is 37.6 Å². The Morgan fingerprint density at radius 1 is 1.00 bits per heavy atom. The zero-order valence-corrected chi connectivity index (χ0v) is 19.0. The maximum absolute atomic E-state index is 5.41. The number of ether oxygens (including phenoxy) is 2. The van der Waals surface area contributed by atoms with Gasteiger partial charge in [-0.2, -0.15) is 0 Å². The van der Waals surface area contributed by atoms with Crippen molar-refractivity contribution in [2.75, 3.05) is 65.4 Å². The van der Waals surface area contributed by atoms with E-state index in [0.29, 0.717) is 6.04 Å². The average molecular weight is 418 g/mol. The molecule has 0 saturated carbocycles. The number of aliphatic imine (C=N–C) groups is 1. The molecule has 0 aliphatic carbocycles. The summed E-state index contributed by atoms with van der Waals surface area (Å²) in [6.07, 6.45) is 7.35. The van der Waals surface area contributed by atoms with Gasteiger partial charge in [-0.3, -0.25) is 4.99 Å². The molecule has 3 rings (SSSR count). The molecular weight excluding hydrogens is 378 g/mol. The van der Waals surface area contributed by atoms with Gasteiger partial charge in [-0.1, -0.05) is 0 Å². The molecule has 2 heterocycles. The molecule has 30 heavy (non-hydrogen) atoms. The van der Waals surface area contributed by atoms with Crippen molar-refractivity contribution in [2.24, 2.45) is 4.99 Å². The van der Waals surface area contributed by atoms with Crippen molar-refractivity contribution in [1.29, 1.82) is 0 Å². The second kappa shape index (κ2) is 11.9. The smallest absolute Gasteiger partial charge is 0.191 e. The van der Waals surface area contributed by atoms with Gasteiger partial charge in [0.05, 0.1) is 14.2 Å². The zero-order chi connectivity index (χ0) is 21.2. The van der Waals surface area contributed by atoms with Gasteiger partial charge in [-0.25, -0.2) is 0 Å². The number of piperidine rings is 1. The van der Waals surface area contributed by atoms with Crippen molar-refractivity contribution in [3.05, 3.63) is 18.2 Å². The minimum atomic E-state index is 0.449. The molecule has 7 heteroatoms. The summed E-state index contributed by atoms with van der Waals surface area (Å²) in [4.78, 5) is 9.40. The number of guanidine groups is 1. The van der Waals surface area contributed by atoms with Crippen LogP contribution in [0.2, 0.25) is 0 Å². The molecule has 2 aliphatic rings. The summed E-state index contributed by atoms with van der Waals surface area (Å²) in [5, 5.41) is 7.10. The van der Waals surface area contributed by atoms with Crippen LogP contribution in [0.5, 0.6) is 11.5 Å². The van der Waals surface area contributed by atoms with Crippen molar-refractivity contribution in [3.63, 3.8) is 0 Å². The van der Waals surface area contributed by atoms with Gasteiger partial charge in [0.15, 0.2) is 5.96 Å². The maximum Gasteiger partial charge on any atom is 0.191 e. The van der Waals surface area contributed by atoms with Crippen LogP contribution >= 0.6 is 0 Å². The number of hydrogen-bond donors (Lipinski definition) is 2. The Morgan fingerprint density at radius 2 is 1.67 bits per heavy atom. The van der Waals surface area contributed by atoms with Crippen LogP contribution in [0.25, 0.3) is 0 Å². The van der Waals surface area contributed by atoms with E-state index in [-0.39, 0.29) is 0 Å². The summed E-state index contributed by atoms with van der Waals surface area (Å²) < 4.78 is 10.8. The van der Waals surface area contributed by atoms with Gasteiger partial charge in [-0.05, 0) is 58.2 Å². The number of nitrogens with one attached hydrogen (secondary N) is 2. The molecule has 2 saturated heterocycles. The summed E-state index contributed by atoms with van der Waals surface area (Å²) in [6.45, 7) is 6.80. The van der Waals surface area contributed by atoms with Crippen LogP contribution in [0.4, 0.5) is 5.69 Å². The fourth-order valence-corrected chi connectivity index (χ4v) is 4.32. The third kappa shape index (κ3) is 6.69. The van der Waals surface area contributed by atoms with Crippen molar-refractivity contribution in [1.82, 2.24) is 15.5 Å². The standard InChI is InChI=1S/C23H39N5O2/c1-24-23(25-10-4-5-11-27-12-6-7-13-27)26-19-8-14-28(15-9-19)20-16-21(29-2)18-22(17-20)30-3/h16-19H,4-15H2,1-3H3,(H2,24,25,26). The molecule has 7 nitrogen and oxygen atoms in total. The van der Waals surface area contributed by atoms with E-state index < -0.39 is 0 Å². The van der Waals surface area contributed by atoms with Gasteiger partial charge in [-0.15, -0.1) is 0 Å². The lowest BCUT2D eigenvalue weighted by atomic mass is 10.0. The number of unbranched alkanes of at least 4 members (excludes halogenated alkanes) is 1. The molecule has 168 valence electrons. The van der Waals surface area contributed by atoms with E-state index in [1.165, 1.54) is 45.3 Å². The minimum Gasteiger partial charge on any atom is -0.497 e. The Morgan fingerprint density at radius 3 is 2.27 bits per heavy atom. The number of hydrogen-bond acceptors (Lipinski definition) is 5. The third-order valence-corrected chi connectivity index (χ3v) is 6.15. The number of likely N-dealkylation sites (tertiary alicyclic amines) is 1. The number of anilines is 1. The Bertz CT molecular complexity index is 645. The molecule has 1 aromatic carbocycles. The maximum atomic E-state index is 5.41. The first-order chi connectivity index (χ1) is 14.7. The lowest BCUT2D eigenvalue weighted by Crippen LogP contribution is -2.49. The zero-order valence-electron chi connectivity index (χ0n) is 19.0. The van der Waals surface area contributed by atoms with E-state index in [4.69, 9.17) is 9.47 Å². The molecule has 0 bridgehead atoms. The normalized spacial score (nSPS) is 18.5. The number of methoxy groups -OCH3 is 2. The lowest BCUT2D eigenvalue weighted by molar-refractivity contribution is 0.330. The van der Waals surface area contributed by atoms with Gasteiger partial charge >= 0.3 is 0 Å². The van der Waals surface area contributed by atoms with E-state index in [9.17, 15) is 0 Å². The number of benzene rings is 1. The largest absolute Gasteiger partial charge is 0.497 e. The molecular formula is C23H39N5O2. The molecule has 0 unspecified atom stereocenters. The summed E-state index contributed by atoms with van der Waals surface area (Å²) in [6, 6.07) is 6.53. The molecule has 2 fully saturated rings. The number of nitrogens with zero attached hydrogens (tertiary/aromatic N) is 3. The van der Waals surface area contributed by atoms with Gasteiger partial charge in [0.2, 0.25) is 0 Å². The van der Waals surface area contributed by atoms with Crippen molar-refractivity contribution in [3.8, 4) is 11.5 Å². The molecule has 0 radical (unpaired) electrons. The van der Waals surface area contributed by atoms with Crippen molar-refractivity contribution >= 4 is 11.6 Å². The Hall–Kier alpha value is -2.15. The predicted molar refractivity (Wildman–Crippen MR) is 124 cm³/mol. The van der Waals surface area contributed by atoms with Gasteiger partial charge < -0.3 is 29.9 Å². The van der Waals surface area contributed by atoms with Crippen LogP contribution in [0.3, 0.4) is 0 Å². The van der Waals surface area contributed by atoms with Gasteiger partial charge in [0.25, 0.3) is 0 Å². The quantitative estimate of drug-likeness (QED) is 0.366. The summed E-state index contributed by atoms with van der Waals surface area (Å²) in [7, 11) is 5.25. The van der Waals surface area contributed by atoms with Crippen LogP contribution in [0.15, 0.2) is 23.2 Å². The van der Waals surface area contributed by atoms with Crippen LogP contribution < -0.4 is 25.0 Å². The van der Waals surface area contributed by atoms with Crippen LogP contribution in [-0.4, -0.2) is 77.4 Å². The highest BCUT2D eigenvalue weighted by Gasteiger charge is 2.21. The Labute approximate surface area is 181 Å². The Balaban J connectivity index is 1.37. The first kappa shape index (κ1) is 22.5. The van der Waals surface area contributed by atoms with Crippen molar-refractivity contribution < 1.29 is 9.47 Å². The minimum absolute atomic E-state index is 0.449.